The third-order valence-corrected chi connectivity index (χ3v) is 2.84. The van der Waals surface area contributed by atoms with Crippen molar-refractivity contribution in [3.8, 4) is 0 Å². The lowest BCUT2D eigenvalue weighted by Gasteiger charge is -2.07. The van der Waals surface area contributed by atoms with Crippen LogP contribution in [0.25, 0.3) is 0 Å². The molecule has 0 spiro atoms. The van der Waals surface area contributed by atoms with E-state index >= 15 is 0 Å². The van der Waals surface area contributed by atoms with Crippen molar-refractivity contribution < 1.29 is 9.18 Å². The average molecular weight is 252 g/mol. The van der Waals surface area contributed by atoms with Crippen LogP contribution >= 0.6 is 0 Å². The number of anilines is 1. The van der Waals surface area contributed by atoms with E-state index in [-0.39, 0.29) is 5.56 Å². The highest BCUT2D eigenvalue weighted by Crippen LogP contribution is 2.14. The van der Waals surface area contributed by atoms with Crippen LogP contribution in [0.2, 0.25) is 0 Å². The lowest BCUT2D eigenvalue weighted by Crippen LogP contribution is -2.13. The van der Waals surface area contributed by atoms with E-state index in [1.807, 2.05) is 0 Å². The topological polar surface area (TPSA) is 55.1 Å². The predicted octanol–water partition coefficient (Wildman–Crippen LogP) is 3.31. The number of nitrogens with one attached hydrogen (secondary N) is 1. The molecule has 0 heterocycles. The maximum absolute atomic E-state index is 13.2. The van der Waals surface area contributed by atoms with E-state index in [1.165, 1.54) is 37.8 Å². The summed E-state index contributed by atoms with van der Waals surface area (Å²) in [7, 11) is 0. The molecule has 3 N–H and O–H groups in total. The van der Waals surface area contributed by atoms with Gasteiger partial charge >= 0.3 is 0 Å². The molecule has 0 saturated carbocycles. The van der Waals surface area contributed by atoms with Gasteiger partial charge in [-0.3, -0.25) is 4.79 Å². The molecule has 0 unspecified atom stereocenters. The zero-order valence-corrected chi connectivity index (χ0v) is 10.8. The lowest BCUT2D eigenvalue weighted by atomic mass is 10.1. The molecular formula is C14H21FN2O. The Morgan fingerprint density at radius 1 is 1.28 bits per heavy atom. The number of primary amides is 1. The number of nitrogens with two attached hydrogens (primary N) is 1. The second-order valence-corrected chi connectivity index (χ2v) is 4.40. The van der Waals surface area contributed by atoms with Crippen LogP contribution in [0.15, 0.2) is 18.2 Å². The first-order valence-corrected chi connectivity index (χ1v) is 6.48. The molecule has 0 bridgehead atoms. The van der Waals surface area contributed by atoms with Crippen LogP contribution in [0.4, 0.5) is 10.1 Å². The van der Waals surface area contributed by atoms with Gasteiger partial charge in [0.25, 0.3) is 5.91 Å². The first-order chi connectivity index (χ1) is 8.65. The number of carbonyl (C=O) groups is 1. The Bertz CT molecular complexity index is 393. The number of benzene rings is 1. The second-order valence-electron chi connectivity index (χ2n) is 4.40. The van der Waals surface area contributed by atoms with E-state index in [0.717, 1.165) is 18.7 Å². The number of rotatable bonds is 8. The van der Waals surface area contributed by atoms with Gasteiger partial charge in [0, 0.05) is 12.2 Å². The molecule has 1 amide bonds. The van der Waals surface area contributed by atoms with Crippen LogP contribution < -0.4 is 11.1 Å². The molecule has 0 aliphatic rings. The van der Waals surface area contributed by atoms with Gasteiger partial charge in [-0.1, -0.05) is 32.6 Å². The summed E-state index contributed by atoms with van der Waals surface area (Å²) >= 11 is 0. The van der Waals surface area contributed by atoms with Crippen LogP contribution in [0.3, 0.4) is 0 Å². The first-order valence-electron chi connectivity index (χ1n) is 6.48. The normalized spacial score (nSPS) is 10.3. The van der Waals surface area contributed by atoms with Crippen molar-refractivity contribution in [2.75, 3.05) is 11.9 Å². The molecule has 0 aliphatic carbocycles. The summed E-state index contributed by atoms with van der Waals surface area (Å²) < 4.78 is 13.2. The van der Waals surface area contributed by atoms with E-state index in [0.29, 0.717) is 0 Å². The quantitative estimate of drug-likeness (QED) is 0.697. The van der Waals surface area contributed by atoms with E-state index in [2.05, 4.69) is 12.2 Å². The van der Waals surface area contributed by atoms with Gasteiger partial charge in [0.15, 0.2) is 0 Å². The van der Waals surface area contributed by atoms with Gasteiger partial charge in [-0.15, -0.1) is 0 Å². The Hall–Kier alpha value is -1.58. The average Bonchev–Trinajstić information content (AvgIpc) is 2.35. The molecule has 1 aromatic rings. The van der Waals surface area contributed by atoms with E-state index in [1.54, 1.807) is 6.07 Å². The van der Waals surface area contributed by atoms with Crippen molar-refractivity contribution in [2.24, 2.45) is 5.73 Å². The minimum absolute atomic E-state index is 0.0639. The molecule has 1 rings (SSSR count). The molecule has 0 aromatic heterocycles. The van der Waals surface area contributed by atoms with Crippen molar-refractivity contribution in [3.63, 3.8) is 0 Å². The minimum Gasteiger partial charge on any atom is -0.385 e. The van der Waals surface area contributed by atoms with Crippen molar-refractivity contribution in [1.29, 1.82) is 0 Å². The number of unbranched alkanes of at least 4 members (excludes halogenated alkanes) is 4. The third kappa shape index (κ3) is 4.73. The summed E-state index contributed by atoms with van der Waals surface area (Å²) in [5, 5.41) is 3.17. The van der Waals surface area contributed by atoms with Gasteiger partial charge in [0.05, 0.1) is 5.56 Å². The summed E-state index contributed by atoms with van der Waals surface area (Å²) in [6.45, 7) is 3.01. The van der Waals surface area contributed by atoms with Crippen LogP contribution in [0, 0.1) is 5.82 Å². The molecule has 0 fully saturated rings. The van der Waals surface area contributed by atoms with E-state index in [9.17, 15) is 9.18 Å². The van der Waals surface area contributed by atoms with Gasteiger partial charge in [0.1, 0.15) is 5.82 Å². The Morgan fingerprint density at radius 3 is 2.67 bits per heavy atom. The van der Waals surface area contributed by atoms with Gasteiger partial charge in [-0.05, 0) is 24.6 Å². The highest BCUT2D eigenvalue weighted by Gasteiger charge is 2.08. The Labute approximate surface area is 108 Å². The molecule has 100 valence electrons. The fourth-order valence-electron chi connectivity index (χ4n) is 1.79. The van der Waals surface area contributed by atoms with Crippen molar-refractivity contribution in [2.45, 2.75) is 39.0 Å². The number of amides is 1. The van der Waals surface area contributed by atoms with Crippen molar-refractivity contribution >= 4 is 11.6 Å². The van der Waals surface area contributed by atoms with Crippen molar-refractivity contribution in [3.05, 3.63) is 29.6 Å². The Kier molecular flexibility index (Phi) is 6.19. The molecule has 0 radical (unpaired) electrons. The molecule has 0 aliphatic heterocycles. The largest absolute Gasteiger partial charge is 0.385 e. The van der Waals surface area contributed by atoms with Crippen molar-refractivity contribution in [1.82, 2.24) is 0 Å². The maximum atomic E-state index is 13.2. The fourth-order valence-corrected chi connectivity index (χ4v) is 1.79. The Morgan fingerprint density at radius 2 is 2.00 bits per heavy atom. The fraction of sp³-hybridized carbons (Fsp3) is 0.500. The molecule has 3 nitrogen and oxygen atoms in total. The van der Waals surface area contributed by atoms with Crippen LogP contribution in [0.1, 0.15) is 49.4 Å². The van der Waals surface area contributed by atoms with Gasteiger partial charge in [-0.2, -0.15) is 0 Å². The third-order valence-electron chi connectivity index (χ3n) is 2.84. The highest BCUT2D eigenvalue weighted by molar-refractivity contribution is 5.94. The van der Waals surface area contributed by atoms with Crippen LogP contribution in [0.5, 0.6) is 0 Å². The van der Waals surface area contributed by atoms with Gasteiger partial charge in [-0.25, -0.2) is 4.39 Å². The molecule has 0 atom stereocenters. The number of carbonyl (C=O) groups excluding carboxylic acids is 1. The minimum atomic E-state index is -0.737. The highest BCUT2D eigenvalue weighted by atomic mass is 19.1. The number of halogens is 1. The molecule has 1 aromatic carbocycles. The van der Waals surface area contributed by atoms with Gasteiger partial charge in [0.2, 0.25) is 0 Å². The lowest BCUT2D eigenvalue weighted by molar-refractivity contribution is 0.0996. The Balaban J connectivity index is 2.38. The van der Waals surface area contributed by atoms with E-state index in [4.69, 9.17) is 5.73 Å². The summed E-state index contributed by atoms with van der Waals surface area (Å²) in [5.41, 5.74) is 5.76. The van der Waals surface area contributed by atoms with Crippen LogP contribution in [-0.2, 0) is 0 Å². The smallest absolute Gasteiger partial charge is 0.251 e. The first kappa shape index (κ1) is 14.5. The predicted molar refractivity (Wildman–Crippen MR) is 72.2 cm³/mol. The molecule has 18 heavy (non-hydrogen) atoms. The summed E-state index contributed by atoms with van der Waals surface area (Å²) in [6, 6.07) is 4.34. The van der Waals surface area contributed by atoms with E-state index < -0.39 is 11.7 Å². The summed E-state index contributed by atoms with van der Waals surface area (Å²) in [5.74, 6) is -1.31. The second kappa shape index (κ2) is 7.69. The molecular weight excluding hydrogens is 231 g/mol. The molecule has 4 heteroatoms. The SMILES string of the molecule is CCCCCCCNc1ccc(F)c(C(N)=O)c1. The number of hydrogen-bond acceptors (Lipinski definition) is 2. The summed E-state index contributed by atoms with van der Waals surface area (Å²) in [4.78, 5) is 11.0. The zero-order chi connectivity index (χ0) is 13.4. The standard InChI is InChI=1S/C14H21FN2O/c1-2-3-4-5-6-9-17-11-7-8-13(15)12(10-11)14(16)18/h7-8,10,17H,2-6,9H2,1H3,(H2,16,18). The van der Waals surface area contributed by atoms with Crippen LogP contribution in [-0.4, -0.2) is 12.5 Å². The maximum Gasteiger partial charge on any atom is 0.251 e. The monoisotopic (exact) mass is 252 g/mol. The summed E-state index contributed by atoms with van der Waals surface area (Å²) in [6.07, 6.45) is 6.00. The zero-order valence-electron chi connectivity index (χ0n) is 10.8. The number of hydrogen-bond donors (Lipinski definition) is 2. The van der Waals surface area contributed by atoms with Gasteiger partial charge < -0.3 is 11.1 Å². The molecule has 0 saturated heterocycles.